The van der Waals surface area contributed by atoms with Gasteiger partial charge in [0, 0.05) is 17.3 Å². The van der Waals surface area contributed by atoms with Gasteiger partial charge in [-0.25, -0.2) is 0 Å². The van der Waals surface area contributed by atoms with Crippen LogP contribution in [-0.4, -0.2) is 20.1 Å². The van der Waals surface area contributed by atoms with Gasteiger partial charge in [-0.15, -0.1) is 0 Å². The van der Waals surface area contributed by atoms with Crippen LogP contribution in [0.2, 0.25) is 10.0 Å². The van der Waals surface area contributed by atoms with E-state index in [1.54, 1.807) is 37.4 Å². The standard InChI is InChI=1S/C18H15Cl2N3O3/c1-25-13-4-6-16(17(8-13)26-2)22-10-11(9-21)18(24)23-15-5-3-12(19)7-14(15)20/h3-8,10,22H,1-2H3,(H,23,24)/b11-10-. The number of benzene rings is 2. The van der Waals surface area contributed by atoms with Crippen LogP contribution in [0.3, 0.4) is 0 Å². The molecule has 26 heavy (non-hydrogen) atoms. The van der Waals surface area contributed by atoms with E-state index < -0.39 is 5.91 Å². The topological polar surface area (TPSA) is 83.4 Å². The number of anilines is 2. The van der Waals surface area contributed by atoms with Gasteiger partial charge in [0.15, 0.2) is 0 Å². The highest BCUT2D eigenvalue weighted by Gasteiger charge is 2.12. The van der Waals surface area contributed by atoms with E-state index in [1.165, 1.54) is 19.4 Å². The number of carbonyl (C=O) groups excluding carboxylic acids is 1. The first-order valence-electron chi connectivity index (χ1n) is 7.33. The molecule has 1 amide bonds. The predicted molar refractivity (Wildman–Crippen MR) is 102 cm³/mol. The molecule has 0 saturated heterocycles. The third kappa shape index (κ3) is 4.82. The minimum atomic E-state index is -0.614. The maximum Gasteiger partial charge on any atom is 0.267 e. The van der Waals surface area contributed by atoms with E-state index in [1.807, 2.05) is 6.07 Å². The third-order valence-electron chi connectivity index (χ3n) is 3.33. The molecule has 2 N–H and O–H groups in total. The van der Waals surface area contributed by atoms with Gasteiger partial charge in [-0.1, -0.05) is 23.2 Å². The molecule has 0 aliphatic heterocycles. The van der Waals surface area contributed by atoms with Gasteiger partial charge < -0.3 is 20.1 Å². The lowest BCUT2D eigenvalue weighted by Crippen LogP contribution is -2.15. The van der Waals surface area contributed by atoms with Gasteiger partial charge in [0.1, 0.15) is 23.1 Å². The summed E-state index contributed by atoms with van der Waals surface area (Å²) < 4.78 is 10.4. The highest BCUT2D eigenvalue weighted by molar-refractivity contribution is 6.36. The van der Waals surface area contributed by atoms with E-state index in [4.69, 9.17) is 32.7 Å². The molecule has 0 saturated carbocycles. The van der Waals surface area contributed by atoms with Gasteiger partial charge in [-0.3, -0.25) is 4.79 Å². The quantitative estimate of drug-likeness (QED) is 0.560. The molecule has 2 rings (SSSR count). The number of nitriles is 1. The highest BCUT2D eigenvalue weighted by atomic mass is 35.5. The van der Waals surface area contributed by atoms with Crippen molar-refractivity contribution in [3.8, 4) is 17.6 Å². The summed E-state index contributed by atoms with van der Waals surface area (Å²) in [7, 11) is 3.05. The van der Waals surface area contributed by atoms with Gasteiger partial charge in [0.05, 0.1) is 30.6 Å². The number of ether oxygens (including phenoxy) is 2. The number of nitrogens with zero attached hydrogens (tertiary/aromatic N) is 1. The molecule has 0 bridgehead atoms. The normalized spacial score (nSPS) is 10.7. The molecule has 0 heterocycles. The summed E-state index contributed by atoms with van der Waals surface area (Å²) in [6.07, 6.45) is 1.28. The summed E-state index contributed by atoms with van der Waals surface area (Å²) in [5, 5.41) is 15.4. The van der Waals surface area contributed by atoms with Gasteiger partial charge in [0.2, 0.25) is 0 Å². The van der Waals surface area contributed by atoms with E-state index in [-0.39, 0.29) is 10.6 Å². The Balaban J connectivity index is 2.17. The van der Waals surface area contributed by atoms with Crippen LogP contribution >= 0.6 is 23.2 Å². The molecule has 0 spiro atoms. The first-order chi connectivity index (χ1) is 12.5. The largest absolute Gasteiger partial charge is 0.497 e. The van der Waals surface area contributed by atoms with Crippen LogP contribution in [0.4, 0.5) is 11.4 Å². The fourth-order valence-electron chi connectivity index (χ4n) is 2.00. The Kier molecular flexibility index (Phi) is 6.73. The molecule has 2 aromatic rings. The maximum atomic E-state index is 12.3. The summed E-state index contributed by atoms with van der Waals surface area (Å²) >= 11 is 11.8. The zero-order valence-electron chi connectivity index (χ0n) is 14.0. The Morgan fingerprint density at radius 2 is 1.85 bits per heavy atom. The Hall–Kier alpha value is -2.88. The Morgan fingerprint density at radius 3 is 2.46 bits per heavy atom. The molecule has 0 aromatic heterocycles. The summed E-state index contributed by atoms with van der Waals surface area (Å²) in [5.41, 5.74) is 0.775. The number of methoxy groups -OCH3 is 2. The molecular formula is C18H15Cl2N3O3. The molecule has 0 radical (unpaired) electrons. The monoisotopic (exact) mass is 391 g/mol. The minimum absolute atomic E-state index is 0.145. The summed E-state index contributed by atoms with van der Waals surface area (Å²) in [6.45, 7) is 0. The van der Waals surface area contributed by atoms with Gasteiger partial charge in [-0.05, 0) is 30.3 Å². The Bertz CT molecular complexity index is 892. The Labute approximate surface area is 160 Å². The molecule has 6 nitrogen and oxygen atoms in total. The molecule has 0 unspecified atom stereocenters. The van der Waals surface area contributed by atoms with Crippen molar-refractivity contribution < 1.29 is 14.3 Å². The van der Waals surface area contributed by atoms with Gasteiger partial charge >= 0.3 is 0 Å². The van der Waals surface area contributed by atoms with Crippen molar-refractivity contribution in [1.29, 1.82) is 5.26 Å². The minimum Gasteiger partial charge on any atom is -0.497 e. The van der Waals surface area contributed by atoms with Crippen LogP contribution in [0.25, 0.3) is 0 Å². The number of nitrogens with one attached hydrogen (secondary N) is 2. The van der Waals surface area contributed by atoms with Crippen LogP contribution in [0.5, 0.6) is 11.5 Å². The average molecular weight is 392 g/mol. The number of carbonyl (C=O) groups is 1. The van der Waals surface area contributed by atoms with Crippen molar-refractivity contribution in [2.24, 2.45) is 0 Å². The molecule has 0 aliphatic rings. The number of hydrogen-bond acceptors (Lipinski definition) is 5. The number of amides is 1. The van der Waals surface area contributed by atoms with Crippen molar-refractivity contribution in [1.82, 2.24) is 0 Å². The van der Waals surface area contributed by atoms with Crippen LogP contribution in [0.15, 0.2) is 48.2 Å². The van der Waals surface area contributed by atoms with Gasteiger partial charge in [-0.2, -0.15) is 5.26 Å². The van der Waals surface area contributed by atoms with Crippen molar-refractivity contribution in [2.75, 3.05) is 24.9 Å². The summed E-state index contributed by atoms with van der Waals surface area (Å²) in [5.74, 6) is 0.503. The maximum absolute atomic E-state index is 12.3. The van der Waals surface area contributed by atoms with Crippen LogP contribution < -0.4 is 20.1 Å². The zero-order chi connectivity index (χ0) is 19.1. The molecule has 0 atom stereocenters. The van der Waals surface area contributed by atoms with Crippen LogP contribution in [0.1, 0.15) is 0 Å². The van der Waals surface area contributed by atoms with Crippen LogP contribution in [-0.2, 0) is 4.79 Å². The van der Waals surface area contributed by atoms with Crippen molar-refractivity contribution in [3.05, 3.63) is 58.2 Å². The van der Waals surface area contributed by atoms with E-state index in [0.29, 0.717) is 27.9 Å². The Morgan fingerprint density at radius 1 is 1.12 bits per heavy atom. The lowest BCUT2D eigenvalue weighted by Gasteiger charge is -2.11. The lowest BCUT2D eigenvalue weighted by molar-refractivity contribution is -0.112. The number of halogens is 2. The highest BCUT2D eigenvalue weighted by Crippen LogP contribution is 2.29. The fourth-order valence-corrected chi connectivity index (χ4v) is 2.45. The SMILES string of the molecule is COc1ccc(N/C=C(/C#N)C(=O)Nc2ccc(Cl)cc2Cl)c(OC)c1. The first-order valence-corrected chi connectivity index (χ1v) is 8.09. The first kappa shape index (κ1) is 19.4. The van der Waals surface area contributed by atoms with Crippen molar-refractivity contribution >= 4 is 40.5 Å². The third-order valence-corrected chi connectivity index (χ3v) is 3.87. The second-order valence-corrected chi connectivity index (χ2v) is 5.80. The molecule has 2 aromatic carbocycles. The summed E-state index contributed by atoms with van der Waals surface area (Å²) in [6, 6.07) is 11.6. The molecule has 0 aliphatic carbocycles. The number of rotatable bonds is 6. The van der Waals surface area contributed by atoms with E-state index in [0.717, 1.165) is 0 Å². The van der Waals surface area contributed by atoms with E-state index >= 15 is 0 Å². The second-order valence-electron chi connectivity index (χ2n) is 4.96. The summed E-state index contributed by atoms with van der Waals surface area (Å²) in [4.78, 5) is 12.3. The fraction of sp³-hybridized carbons (Fsp3) is 0.111. The van der Waals surface area contributed by atoms with Gasteiger partial charge in [0.25, 0.3) is 5.91 Å². The average Bonchev–Trinajstić information content (AvgIpc) is 2.64. The smallest absolute Gasteiger partial charge is 0.267 e. The molecule has 134 valence electrons. The molecular weight excluding hydrogens is 377 g/mol. The van der Waals surface area contributed by atoms with E-state index in [2.05, 4.69) is 10.6 Å². The number of hydrogen-bond donors (Lipinski definition) is 2. The second kappa shape index (κ2) is 8.99. The van der Waals surface area contributed by atoms with Crippen molar-refractivity contribution in [2.45, 2.75) is 0 Å². The van der Waals surface area contributed by atoms with Crippen LogP contribution in [0, 0.1) is 11.3 Å². The lowest BCUT2D eigenvalue weighted by atomic mass is 10.2. The molecule has 0 fully saturated rings. The molecule has 8 heteroatoms. The zero-order valence-corrected chi connectivity index (χ0v) is 15.5. The van der Waals surface area contributed by atoms with E-state index in [9.17, 15) is 10.1 Å². The predicted octanol–water partition coefficient (Wildman–Crippen LogP) is 4.47. The van der Waals surface area contributed by atoms with Crippen molar-refractivity contribution in [3.63, 3.8) is 0 Å².